The fourth-order valence-electron chi connectivity index (χ4n) is 1.16. The third-order valence-electron chi connectivity index (χ3n) is 1.78. The van der Waals surface area contributed by atoms with Gasteiger partial charge in [0.25, 0.3) is 0 Å². The average Bonchev–Trinajstić information content (AvgIpc) is 2.46. The Balaban J connectivity index is 2.62. The van der Waals surface area contributed by atoms with Crippen LogP contribution in [0.25, 0.3) is 11.1 Å². The molecule has 0 aliphatic heterocycles. The van der Waals surface area contributed by atoms with Crippen LogP contribution < -0.4 is 5.79 Å². The Morgan fingerprint density at radius 3 is 2.85 bits per heavy atom. The highest BCUT2D eigenvalue weighted by molar-refractivity contribution is 6.56. The van der Waals surface area contributed by atoms with Gasteiger partial charge in [0.05, 0.1) is 0 Å². The van der Waals surface area contributed by atoms with E-state index >= 15 is 0 Å². The van der Waals surface area contributed by atoms with Gasteiger partial charge in [0.15, 0.2) is 5.58 Å². The maximum atomic E-state index is 8.79. The highest BCUT2D eigenvalue weighted by Gasteiger charge is 2.18. The molecule has 0 aliphatic carbocycles. The van der Waals surface area contributed by atoms with Gasteiger partial charge in [-0.1, -0.05) is 6.07 Å². The lowest BCUT2D eigenvalue weighted by molar-refractivity contribution is 0.409. The monoisotopic (exact) mass is 177 g/mol. The zero-order valence-electron chi connectivity index (χ0n) is 7.06. The van der Waals surface area contributed by atoms with Gasteiger partial charge >= 0.3 is 7.12 Å². The van der Waals surface area contributed by atoms with Gasteiger partial charge in [-0.25, -0.2) is 4.98 Å². The first kappa shape index (κ1) is 8.28. The van der Waals surface area contributed by atoms with E-state index in [2.05, 4.69) is 4.98 Å². The molecule has 0 amide bonds. The fourth-order valence-corrected chi connectivity index (χ4v) is 1.16. The number of aryl methyl sites for hydroxylation is 1. The molecule has 66 valence electrons. The molecule has 1 heterocycles. The summed E-state index contributed by atoms with van der Waals surface area (Å²) in [5.41, 5.74) is 2.25. The second-order valence-corrected chi connectivity index (χ2v) is 2.90. The predicted molar refractivity (Wildman–Crippen MR) is 48.6 cm³/mol. The molecule has 0 spiro atoms. The summed E-state index contributed by atoms with van der Waals surface area (Å²) in [6.07, 6.45) is 0. The van der Waals surface area contributed by atoms with E-state index in [0.29, 0.717) is 11.1 Å². The Morgan fingerprint density at radius 1 is 1.38 bits per heavy atom. The highest BCUT2D eigenvalue weighted by atomic mass is 16.4. The van der Waals surface area contributed by atoms with Crippen molar-refractivity contribution in [1.29, 1.82) is 0 Å². The van der Waals surface area contributed by atoms with Gasteiger partial charge in [-0.3, -0.25) is 0 Å². The number of benzene rings is 1. The van der Waals surface area contributed by atoms with Crippen molar-refractivity contribution in [2.45, 2.75) is 6.92 Å². The molecule has 0 aliphatic rings. The first-order valence-electron chi connectivity index (χ1n) is 3.90. The van der Waals surface area contributed by atoms with E-state index in [0.717, 1.165) is 5.56 Å². The minimum Gasteiger partial charge on any atom is -0.444 e. The van der Waals surface area contributed by atoms with Crippen molar-refractivity contribution < 1.29 is 14.5 Å². The summed E-state index contributed by atoms with van der Waals surface area (Å²) in [5.74, 6) is -0.0689. The highest BCUT2D eigenvalue weighted by Crippen LogP contribution is 2.12. The van der Waals surface area contributed by atoms with E-state index in [1.807, 2.05) is 13.0 Å². The molecule has 0 bridgehead atoms. The van der Waals surface area contributed by atoms with Crippen LogP contribution in [0.3, 0.4) is 0 Å². The van der Waals surface area contributed by atoms with Gasteiger partial charge in [0.2, 0.25) is 5.79 Å². The molecule has 1 aromatic heterocycles. The molecule has 13 heavy (non-hydrogen) atoms. The molecule has 0 radical (unpaired) electrons. The Morgan fingerprint density at radius 2 is 2.15 bits per heavy atom. The van der Waals surface area contributed by atoms with Gasteiger partial charge in [-0.2, -0.15) is 0 Å². The summed E-state index contributed by atoms with van der Waals surface area (Å²) in [7, 11) is -1.65. The smallest absolute Gasteiger partial charge is 0.444 e. The van der Waals surface area contributed by atoms with Crippen LogP contribution >= 0.6 is 0 Å². The number of nitrogens with zero attached hydrogens (tertiary/aromatic N) is 1. The van der Waals surface area contributed by atoms with E-state index in [-0.39, 0.29) is 5.79 Å². The molecule has 1 aromatic carbocycles. The molecule has 2 rings (SSSR count). The minimum atomic E-state index is -1.65. The van der Waals surface area contributed by atoms with Crippen LogP contribution in [-0.4, -0.2) is 22.2 Å². The molecular formula is C8H8BNO3. The minimum absolute atomic E-state index is 0.0689. The zero-order valence-corrected chi connectivity index (χ0v) is 7.06. The Hall–Kier alpha value is -1.33. The summed E-state index contributed by atoms with van der Waals surface area (Å²) < 4.78 is 5.10. The van der Waals surface area contributed by atoms with Crippen molar-refractivity contribution in [3.63, 3.8) is 0 Å². The summed E-state index contributed by atoms with van der Waals surface area (Å²) >= 11 is 0. The first-order valence-corrected chi connectivity index (χ1v) is 3.90. The maximum absolute atomic E-state index is 8.79. The van der Waals surface area contributed by atoms with Crippen molar-refractivity contribution in [3.8, 4) is 0 Å². The lowest BCUT2D eigenvalue weighted by Gasteiger charge is -1.88. The summed E-state index contributed by atoms with van der Waals surface area (Å²) in [5, 5.41) is 17.6. The number of aromatic nitrogens is 1. The van der Waals surface area contributed by atoms with Crippen LogP contribution in [-0.2, 0) is 0 Å². The zero-order chi connectivity index (χ0) is 9.42. The number of fused-ring (bicyclic) bond motifs is 1. The predicted octanol–water partition coefficient (Wildman–Crippen LogP) is -0.184. The normalized spacial score (nSPS) is 10.7. The van der Waals surface area contributed by atoms with Gasteiger partial charge < -0.3 is 14.5 Å². The lowest BCUT2D eigenvalue weighted by atomic mass is 9.93. The quantitative estimate of drug-likeness (QED) is 0.592. The van der Waals surface area contributed by atoms with E-state index in [1.165, 1.54) is 0 Å². The lowest BCUT2D eigenvalue weighted by Crippen LogP contribution is -2.30. The van der Waals surface area contributed by atoms with E-state index in [1.54, 1.807) is 12.1 Å². The number of oxazole rings is 1. The van der Waals surface area contributed by atoms with Crippen LogP contribution in [0.1, 0.15) is 5.56 Å². The number of hydrogen-bond acceptors (Lipinski definition) is 4. The SMILES string of the molecule is Cc1ccc2nc(B(O)O)oc2c1. The standard InChI is InChI=1S/C8H8BNO3/c1-5-2-3-6-7(4-5)13-8(10-6)9(11)12/h2-4,11-12H,1H3. The number of rotatable bonds is 1. The third-order valence-corrected chi connectivity index (χ3v) is 1.78. The van der Waals surface area contributed by atoms with Crippen LogP contribution in [0.5, 0.6) is 0 Å². The molecule has 0 unspecified atom stereocenters. The molecule has 5 heteroatoms. The third kappa shape index (κ3) is 1.43. The van der Waals surface area contributed by atoms with Crippen molar-refractivity contribution >= 4 is 24.0 Å². The largest absolute Gasteiger partial charge is 0.548 e. The van der Waals surface area contributed by atoms with Crippen molar-refractivity contribution in [1.82, 2.24) is 4.98 Å². The van der Waals surface area contributed by atoms with E-state index in [9.17, 15) is 0 Å². The summed E-state index contributed by atoms with van der Waals surface area (Å²) in [6.45, 7) is 1.93. The van der Waals surface area contributed by atoms with Gasteiger partial charge in [-0.05, 0) is 24.6 Å². The van der Waals surface area contributed by atoms with Crippen LogP contribution in [0, 0.1) is 6.92 Å². The van der Waals surface area contributed by atoms with Crippen molar-refractivity contribution in [2.75, 3.05) is 0 Å². The van der Waals surface area contributed by atoms with E-state index in [4.69, 9.17) is 14.5 Å². The Bertz CT molecular complexity index is 438. The molecule has 2 N–H and O–H groups in total. The maximum Gasteiger partial charge on any atom is 0.548 e. The van der Waals surface area contributed by atoms with E-state index < -0.39 is 7.12 Å². The van der Waals surface area contributed by atoms with Gasteiger partial charge in [0, 0.05) is 0 Å². The second kappa shape index (κ2) is 2.87. The van der Waals surface area contributed by atoms with Crippen LogP contribution in [0.2, 0.25) is 0 Å². The molecule has 0 atom stereocenters. The van der Waals surface area contributed by atoms with Crippen molar-refractivity contribution in [3.05, 3.63) is 23.8 Å². The molecule has 0 saturated carbocycles. The Labute approximate surface area is 75.0 Å². The van der Waals surface area contributed by atoms with Gasteiger partial charge in [-0.15, -0.1) is 0 Å². The average molecular weight is 177 g/mol. The molecule has 2 aromatic rings. The van der Waals surface area contributed by atoms with Crippen LogP contribution in [0.4, 0.5) is 0 Å². The topological polar surface area (TPSA) is 66.5 Å². The first-order chi connectivity index (χ1) is 6.16. The van der Waals surface area contributed by atoms with Gasteiger partial charge in [0.1, 0.15) is 5.52 Å². The molecule has 0 fully saturated rings. The van der Waals surface area contributed by atoms with Crippen LogP contribution in [0.15, 0.2) is 22.6 Å². The molecule has 0 saturated heterocycles. The Kier molecular flexibility index (Phi) is 1.83. The molecular weight excluding hydrogens is 169 g/mol. The molecule has 4 nitrogen and oxygen atoms in total. The van der Waals surface area contributed by atoms with Crippen molar-refractivity contribution in [2.24, 2.45) is 0 Å². The second-order valence-electron chi connectivity index (χ2n) is 2.90. The summed E-state index contributed by atoms with van der Waals surface area (Å²) in [6, 6.07) is 5.46. The fraction of sp³-hybridized carbons (Fsp3) is 0.125. The summed E-state index contributed by atoms with van der Waals surface area (Å²) in [4.78, 5) is 3.89. The number of hydrogen-bond donors (Lipinski definition) is 2.